The summed E-state index contributed by atoms with van der Waals surface area (Å²) in [6.07, 6.45) is 5.90. The maximum Gasteiger partial charge on any atom is 0.0595 e. The molecule has 2 aliphatic rings. The second-order valence-corrected chi connectivity index (χ2v) is 4.38. The Bertz CT molecular complexity index is 400. The standard InChI is InChI=1S/C11H11ClN2/c12-9-1-7(3-13-5-9)10-2-8-4-14-6-11(8)10/h1-3,5,8,11,14H,4,6H2/t8-,11+/m1/s1. The zero-order chi connectivity index (χ0) is 9.54. The van der Waals surface area contributed by atoms with Crippen molar-refractivity contribution in [3.8, 4) is 0 Å². The van der Waals surface area contributed by atoms with Gasteiger partial charge in [-0.15, -0.1) is 0 Å². The molecule has 0 bridgehead atoms. The second kappa shape index (κ2) is 3.07. The van der Waals surface area contributed by atoms with Crippen LogP contribution in [0, 0.1) is 11.8 Å². The molecule has 1 aromatic rings. The first kappa shape index (κ1) is 8.45. The number of nitrogens with one attached hydrogen (secondary N) is 1. The van der Waals surface area contributed by atoms with Gasteiger partial charge in [0.1, 0.15) is 0 Å². The van der Waals surface area contributed by atoms with Crippen LogP contribution < -0.4 is 5.32 Å². The van der Waals surface area contributed by atoms with Crippen molar-refractivity contribution in [2.24, 2.45) is 11.8 Å². The lowest BCUT2D eigenvalue weighted by Gasteiger charge is -2.29. The predicted molar refractivity (Wildman–Crippen MR) is 57.1 cm³/mol. The van der Waals surface area contributed by atoms with Crippen molar-refractivity contribution in [2.75, 3.05) is 13.1 Å². The molecule has 0 unspecified atom stereocenters. The fraction of sp³-hybridized carbons (Fsp3) is 0.364. The third-order valence-electron chi connectivity index (χ3n) is 3.09. The van der Waals surface area contributed by atoms with Crippen molar-refractivity contribution in [3.05, 3.63) is 35.1 Å². The Morgan fingerprint density at radius 2 is 2.29 bits per heavy atom. The van der Waals surface area contributed by atoms with E-state index in [2.05, 4.69) is 16.4 Å². The molecule has 2 heterocycles. The molecule has 2 atom stereocenters. The van der Waals surface area contributed by atoms with Gasteiger partial charge in [0, 0.05) is 31.4 Å². The second-order valence-electron chi connectivity index (χ2n) is 3.94. The summed E-state index contributed by atoms with van der Waals surface area (Å²) in [5, 5.41) is 4.11. The van der Waals surface area contributed by atoms with Crippen molar-refractivity contribution < 1.29 is 0 Å². The van der Waals surface area contributed by atoms with Gasteiger partial charge in [-0.2, -0.15) is 0 Å². The first-order valence-electron chi connectivity index (χ1n) is 4.88. The highest BCUT2D eigenvalue weighted by atomic mass is 35.5. The molecule has 1 aliphatic carbocycles. The van der Waals surface area contributed by atoms with Gasteiger partial charge in [-0.05, 0) is 23.1 Å². The number of halogens is 1. The smallest absolute Gasteiger partial charge is 0.0595 e. The Morgan fingerprint density at radius 3 is 3.07 bits per heavy atom. The van der Waals surface area contributed by atoms with E-state index in [1.165, 1.54) is 11.1 Å². The summed E-state index contributed by atoms with van der Waals surface area (Å²) in [6, 6.07) is 1.99. The van der Waals surface area contributed by atoms with Gasteiger partial charge >= 0.3 is 0 Å². The van der Waals surface area contributed by atoms with Crippen LogP contribution in [0.3, 0.4) is 0 Å². The number of hydrogen-bond donors (Lipinski definition) is 1. The fourth-order valence-corrected chi connectivity index (χ4v) is 2.50. The number of nitrogens with zero attached hydrogens (tertiary/aromatic N) is 1. The van der Waals surface area contributed by atoms with Crippen LogP contribution in [0.4, 0.5) is 0 Å². The normalized spacial score (nSPS) is 29.4. The molecule has 1 N–H and O–H groups in total. The van der Waals surface area contributed by atoms with E-state index < -0.39 is 0 Å². The Hall–Kier alpha value is -0.860. The molecule has 0 aromatic carbocycles. The van der Waals surface area contributed by atoms with Gasteiger partial charge in [0.15, 0.2) is 0 Å². The number of hydrogen-bond acceptors (Lipinski definition) is 2. The van der Waals surface area contributed by atoms with Crippen LogP contribution in [0.1, 0.15) is 5.56 Å². The van der Waals surface area contributed by atoms with E-state index in [1.54, 1.807) is 6.20 Å². The summed E-state index contributed by atoms with van der Waals surface area (Å²) < 4.78 is 0. The largest absolute Gasteiger partial charge is 0.315 e. The van der Waals surface area contributed by atoms with Crippen molar-refractivity contribution in [1.29, 1.82) is 0 Å². The third-order valence-corrected chi connectivity index (χ3v) is 3.30. The van der Waals surface area contributed by atoms with Gasteiger partial charge in [0.05, 0.1) is 5.02 Å². The molecule has 1 aliphatic heterocycles. The Labute approximate surface area is 88.0 Å². The van der Waals surface area contributed by atoms with E-state index in [4.69, 9.17) is 11.6 Å². The first-order valence-corrected chi connectivity index (χ1v) is 5.26. The summed E-state index contributed by atoms with van der Waals surface area (Å²) >= 11 is 5.91. The minimum absolute atomic E-state index is 0.690. The van der Waals surface area contributed by atoms with E-state index in [9.17, 15) is 0 Å². The van der Waals surface area contributed by atoms with E-state index in [-0.39, 0.29) is 0 Å². The van der Waals surface area contributed by atoms with Crippen LogP contribution in [-0.4, -0.2) is 18.1 Å². The Balaban J connectivity index is 1.94. The van der Waals surface area contributed by atoms with Crippen LogP contribution in [0.15, 0.2) is 24.5 Å². The fourth-order valence-electron chi connectivity index (χ4n) is 2.33. The zero-order valence-electron chi connectivity index (χ0n) is 7.70. The molecule has 0 radical (unpaired) electrons. The predicted octanol–water partition coefficient (Wildman–Crippen LogP) is 1.97. The lowest BCUT2D eigenvalue weighted by atomic mass is 9.74. The molecule has 1 fully saturated rings. The highest BCUT2D eigenvalue weighted by molar-refractivity contribution is 6.30. The lowest BCUT2D eigenvalue weighted by molar-refractivity contribution is 0.564. The van der Waals surface area contributed by atoms with E-state index in [1.807, 2.05) is 12.3 Å². The zero-order valence-corrected chi connectivity index (χ0v) is 8.46. The molecule has 72 valence electrons. The average Bonchev–Trinajstić information content (AvgIpc) is 2.48. The lowest BCUT2D eigenvalue weighted by Crippen LogP contribution is -2.22. The highest BCUT2D eigenvalue weighted by Gasteiger charge is 2.36. The van der Waals surface area contributed by atoms with Gasteiger partial charge in [0.25, 0.3) is 0 Å². The quantitative estimate of drug-likeness (QED) is 0.760. The third kappa shape index (κ3) is 1.18. The molecular weight excluding hydrogens is 196 g/mol. The van der Waals surface area contributed by atoms with Crippen molar-refractivity contribution in [2.45, 2.75) is 0 Å². The summed E-state index contributed by atoms with van der Waals surface area (Å²) in [6.45, 7) is 2.23. The van der Waals surface area contributed by atoms with E-state index in [0.717, 1.165) is 24.0 Å². The highest BCUT2D eigenvalue weighted by Crippen LogP contribution is 2.42. The Kier molecular flexibility index (Phi) is 1.85. The summed E-state index contributed by atoms with van der Waals surface area (Å²) in [5.74, 6) is 1.43. The number of rotatable bonds is 1. The maximum absolute atomic E-state index is 5.91. The van der Waals surface area contributed by atoms with Crippen LogP contribution in [0.2, 0.25) is 5.02 Å². The minimum atomic E-state index is 0.690. The molecule has 1 saturated heterocycles. The van der Waals surface area contributed by atoms with Gasteiger partial charge in [-0.25, -0.2) is 0 Å². The molecule has 0 spiro atoms. The SMILES string of the molecule is Clc1cncc(C2=C[C@@H]3CNC[C@H]23)c1. The molecule has 0 amide bonds. The summed E-state index contributed by atoms with van der Waals surface area (Å²) in [5.41, 5.74) is 2.59. The monoisotopic (exact) mass is 206 g/mol. The number of aromatic nitrogens is 1. The summed E-state index contributed by atoms with van der Waals surface area (Å²) in [4.78, 5) is 4.11. The Morgan fingerprint density at radius 1 is 1.36 bits per heavy atom. The molecule has 3 heteroatoms. The molecule has 2 nitrogen and oxygen atoms in total. The van der Waals surface area contributed by atoms with Crippen LogP contribution in [-0.2, 0) is 0 Å². The van der Waals surface area contributed by atoms with E-state index in [0.29, 0.717) is 5.92 Å². The van der Waals surface area contributed by atoms with Crippen molar-refractivity contribution in [3.63, 3.8) is 0 Å². The van der Waals surface area contributed by atoms with Gasteiger partial charge in [-0.3, -0.25) is 4.98 Å². The van der Waals surface area contributed by atoms with Crippen LogP contribution >= 0.6 is 11.6 Å². The molecule has 0 saturated carbocycles. The van der Waals surface area contributed by atoms with Gasteiger partial charge in [-0.1, -0.05) is 17.7 Å². The first-order chi connectivity index (χ1) is 6.84. The van der Waals surface area contributed by atoms with Crippen LogP contribution in [0.25, 0.3) is 5.57 Å². The molecule has 1 aromatic heterocycles. The number of fused-ring (bicyclic) bond motifs is 1. The van der Waals surface area contributed by atoms with Crippen molar-refractivity contribution >= 4 is 17.2 Å². The number of pyridine rings is 1. The summed E-state index contributed by atoms with van der Waals surface area (Å²) in [7, 11) is 0. The van der Waals surface area contributed by atoms with Crippen molar-refractivity contribution in [1.82, 2.24) is 10.3 Å². The van der Waals surface area contributed by atoms with Gasteiger partial charge in [0.2, 0.25) is 0 Å². The molecule has 3 rings (SSSR count). The molecular formula is C11H11ClN2. The van der Waals surface area contributed by atoms with Gasteiger partial charge < -0.3 is 5.32 Å². The van der Waals surface area contributed by atoms with Crippen LogP contribution in [0.5, 0.6) is 0 Å². The van der Waals surface area contributed by atoms with E-state index >= 15 is 0 Å². The topological polar surface area (TPSA) is 24.9 Å². The average molecular weight is 207 g/mol. The maximum atomic E-state index is 5.91. The molecule has 14 heavy (non-hydrogen) atoms. The minimum Gasteiger partial charge on any atom is -0.315 e.